The second-order valence-electron chi connectivity index (χ2n) is 7.61. The molecular weight excluding hydrogens is 574 g/mol. The van der Waals surface area contributed by atoms with Crippen molar-refractivity contribution in [2.75, 3.05) is 52.9 Å². The third-order valence-electron chi connectivity index (χ3n) is 4.93. The van der Waals surface area contributed by atoms with E-state index in [-0.39, 0.29) is 39.6 Å². The molecule has 0 N–H and O–H groups in total. The maximum atomic E-state index is 14.5. The van der Waals surface area contributed by atoms with E-state index < -0.39 is 60.1 Å². The number of rotatable bonds is 20. The molecule has 8 nitrogen and oxygen atoms in total. The molecular formula is C23H38F6O8Si2. The lowest BCUT2D eigenvalue weighted by molar-refractivity contribution is -0.276. The van der Waals surface area contributed by atoms with E-state index in [2.05, 4.69) is 0 Å². The molecule has 1 aliphatic rings. The van der Waals surface area contributed by atoms with Crippen molar-refractivity contribution < 1.29 is 62.4 Å². The molecule has 0 aromatic heterocycles. The molecule has 0 radical (unpaired) electrons. The molecule has 0 bridgehead atoms. The van der Waals surface area contributed by atoms with Crippen molar-refractivity contribution >= 4 is 17.6 Å². The van der Waals surface area contributed by atoms with Crippen LogP contribution in [0.15, 0.2) is 35.1 Å². The van der Waals surface area contributed by atoms with Crippen LogP contribution in [-0.2, 0) is 36.0 Å². The number of hydrogen-bond donors (Lipinski definition) is 0. The Balaban J connectivity index is 3.24. The molecule has 0 aromatic carbocycles. The van der Waals surface area contributed by atoms with Crippen LogP contribution < -0.4 is 0 Å². The standard InChI is InChI=1S/C23H38F6O8Si2/c1-7-32-38(33-8-2,34-9-3)17-13-15-30-19-20(22(26,27)23(28,29)21(19,24)25)31-16-14-18-39(35-10-4,36-11-5)37-12-6/h13-14,17-18H,7-12,15-16H2,1-6H3/b17-13+,18-14+. The molecule has 16 heteroatoms. The van der Waals surface area contributed by atoms with E-state index in [4.69, 9.17) is 36.0 Å². The van der Waals surface area contributed by atoms with Crippen LogP contribution in [0, 0.1) is 0 Å². The first-order valence-electron chi connectivity index (χ1n) is 12.6. The summed E-state index contributed by atoms with van der Waals surface area (Å²) in [5, 5.41) is 0. The monoisotopic (exact) mass is 612 g/mol. The maximum absolute atomic E-state index is 14.5. The average molecular weight is 613 g/mol. The Bertz CT molecular complexity index is 743. The smallest absolute Gasteiger partial charge is 0.484 e. The Kier molecular flexibility index (Phi) is 14.2. The number of alkyl halides is 6. The molecule has 1 aliphatic carbocycles. The number of allylic oxidation sites excluding steroid dienone is 2. The molecule has 0 spiro atoms. The summed E-state index contributed by atoms with van der Waals surface area (Å²) in [5.74, 6) is -20.4. The first-order valence-corrected chi connectivity index (χ1v) is 16.2. The van der Waals surface area contributed by atoms with Gasteiger partial charge in [0, 0.05) is 39.6 Å². The molecule has 0 saturated carbocycles. The highest BCUT2D eigenvalue weighted by Gasteiger charge is 2.83. The van der Waals surface area contributed by atoms with Crippen molar-refractivity contribution in [3.8, 4) is 0 Å². The van der Waals surface area contributed by atoms with Crippen LogP contribution in [0.1, 0.15) is 41.5 Å². The van der Waals surface area contributed by atoms with E-state index >= 15 is 0 Å². The molecule has 0 aromatic rings. The van der Waals surface area contributed by atoms with E-state index in [1.807, 2.05) is 0 Å². The van der Waals surface area contributed by atoms with Crippen LogP contribution >= 0.6 is 0 Å². The molecule has 0 saturated heterocycles. The lowest BCUT2D eigenvalue weighted by Crippen LogP contribution is -2.49. The van der Waals surface area contributed by atoms with Gasteiger partial charge in [0.1, 0.15) is 13.2 Å². The highest BCUT2D eigenvalue weighted by atomic mass is 28.4. The summed E-state index contributed by atoms with van der Waals surface area (Å²) >= 11 is 0. The highest BCUT2D eigenvalue weighted by Crippen LogP contribution is 2.59. The third kappa shape index (κ3) is 8.31. The van der Waals surface area contributed by atoms with Crippen LogP contribution in [0.4, 0.5) is 26.3 Å². The van der Waals surface area contributed by atoms with Crippen LogP contribution in [0.3, 0.4) is 0 Å². The predicted molar refractivity (Wildman–Crippen MR) is 133 cm³/mol. The lowest BCUT2D eigenvalue weighted by atomic mass is 10.1. The molecule has 0 aliphatic heterocycles. The summed E-state index contributed by atoms with van der Waals surface area (Å²) in [6.45, 7) is 9.69. The van der Waals surface area contributed by atoms with Gasteiger partial charge < -0.3 is 36.0 Å². The molecule has 0 fully saturated rings. The topological polar surface area (TPSA) is 73.8 Å². The Hall–Kier alpha value is -1.41. The molecule has 1 rings (SSSR count). The van der Waals surface area contributed by atoms with Gasteiger partial charge in [-0.1, -0.05) is 0 Å². The molecule has 0 unspecified atom stereocenters. The molecule has 228 valence electrons. The van der Waals surface area contributed by atoms with E-state index in [0.29, 0.717) is 0 Å². The van der Waals surface area contributed by atoms with Crippen LogP contribution in [-0.4, -0.2) is 88.2 Å². The first kappa shape index (κ1) is 35.6. The Labute approximate surface area is 227 Å². The molecule has 0 heterocycles. The lowest BCUT2D eigenvalue weighted by Gasteiger charge is -2.25. The van der Waals surface area contributed by atoms with Crippen LogP contribution in [0.2, 0.25) is 0 Å². The fraction of sp³-hybridized carbons (Fsp3) is 0.739. The minimum atomic E-state index is -5.79. The summed E-state index contributed by atoms with van der Waals surface area (Å²) in [6.07, 6.45) is 2.24. The summed E-state index contributed by atoms with van der Waals surface area (Å²) < 4.78 is 129. The maximum Gasteiger partial charge on any atom is 0.529 e. The quantitative estimate of drug-likeness (QED) is 0.133. The fourth-order valence-corrected chi connectivity index (χ4v) is 7.73. The Morgan fingerprint density at radius 3 is 1.00 bits per heavy atom. The normalized spacial score (nSPS) is 19.0. The minimum Gasteiger partial charge on any atom is -0.484 e. The number of hydrogen-bond acceptors (Lipinski definition) is 8. The van der Waals surface area contributed by atoms with E-state index in [1.165, 1.54) is 11.4 Å². The van der Waals surface area contributed by atoms with E-state index in [1.54, 1.807) is 41.5 Å². The van der Waals surface area contributed by atoms with E-state index in [9.17, 15) is 26.3 Å². The predicted octanol–water partition coefficient (Wildman–Crippen LogP) is 5.44. The first-order chi connectivity index (χ1) is 18.3. The van der Waals surface area contributed by atoms with Gasteiger partial charge >= 0.3 is 35.4 Å². The zero-order valence-corrected chi connectivity index (χ0v) is 25.0. The van der Waals surface area contributed by atoms with Gasteiger partial charge in [-0.05, 0) is 65.1 Å². The zero-order chi connectivity index (χ0) is 29.8. The number of halogens is 6. The van der Waals surface area contributed by atoms with Crippen molar-refractivity contribution in [1.29, 1.82) is 0 Å². The summed E-state index contributed by atoms with van der Waals surface area (Å²) in [5.41, 5.74) is 2.60. The van der Waals surface area contributed by atoms with Gasteiger partial charge in [-0.2, -0.15) is 26.3 Å². The summed E-state index contributed by atoms with van der Waals surface area (Å²) in [7, 11) is -6.76. The Morgan fingerprint density at radius 1 is 0.513 bits per heavy atom. The second-order valence-corrected chi connectivity index (χ2v) is 12.4. The minimum absolute atomic E-state index is 0.199. The fourth-order valence-electron chi connectivity index (χ4n) is 3.47. The zero-order valence-electron chi connectivity index (χ0n) is 23.0. The molecule has 0 atom stereocenters. The SMILES string of the molecule is CCO[Si](/C=C/COC1=C(OC/C=C/[Si](OCC)(OCC)OCC)C(F)(F)C(F)(F)C1(F)F)(OCC)OCC. The van der Waals surface area contributed by atoms with Crippen molar-refractivity contribution in [2.24, 2.45) is 0 Å². The van der Waals surface area contributed by atoms with E-state index in [0.717, 1.165) is 12.2 Å². The van der Waals surface area contributed by atoms with Gasteiger partial charge in [-0.3, -0.25) is 0 Å². The second kappa shape index (κ2) is 15.6. The third-order valence-corrected chi connectivity index (χ3v) is 10.4. The Morgan fingerprint density at radius 2 is 0.769 bits per heavy atom. The van der Waals surface area contributed by atoms with Crippen molar-refractivity contribution in [1.82, 2.24) is 0 Å². The van der Waals surface area contributed by atoms with Gasteiger partial charge in [-0.25, -0.2) is 0 Å². The summed E-state index contributed by atoms with van der Waals surface area (Å²) in [6, 6.07) is 0. The van der Waals surface area contributed by atoms with Crippen LogP contribution in [0.25, 0.3) is 0 Å². The average Bonchev–Trinajstić information content (AvgIpc) is 2.94. The molecule has 0 amide bonds. The largest absolute Gasteiger partial charge is 0.529 e. The van der Waals surface area contributed by atoms with Crippen molar-refractivity contribution in [3.63, 3.8) is 0 Å². The number of ether oxygens (including phenoxy) is 2. The molecule has 39 heavy (non-hydrogen) atoms. The van der Waals surface area contributed by atoms with Crippen LogP contribution in [0.5, 0.6) is 0 Å². The van der Waals surface area contributed by atoms with Gasteiger partial charge in [0.25, 0.3) is 0 Å². The van der Waals surface area contributed by atoms with Gasteiger partial charge in [0.05, 0.1) is 0 Å². The highest BCUT2D eigenvalue weighted by molar-refractivity contribution is 6.66. The van der Waals surface area contributed by atoms with Gasteiger partial charge in [0.2, 0.25) is 11.5 Å². The summed E-state index contributed by atoms with van der Waals surface area (Å²) in [4.78, 5) is 0. The van der Waals surface area contributed by atoms with Gasteiger partial charge in [0.15, 0.2) is 0 Å². The van der Waals surface area contributed by atoms with Gasteiger partial charge in [-0.15, -0.1) is 0 Å². The van der Waals surface area contributed by atoms with Crippen molar-refractivity contribution in [3.05, 3.63) is 35.1 Å². The van der Waals surface area contributed by atoms with Crippen molar-refractivity contribution in [2.45, 2.75) is 59.3 Å².